The summed E-state index contributed by atoms with van der Waals surface area (Å²) in [6.07, 6.45) is 5.23. The standard InChI is InChI=1S/C15H19N5O2S/c21-23(22,20-10-3-4-11-20)12-9-18-15-17-8-6-14(19-15)13-5-1-2-7-16-13/h1-2,5-8H,3-4,9-12H2,(H,17,18,19). The van der Waals surface area contributed by atoms with Crippen molar-refractivity contribution in [3.05, 3.63) is 36.7 Å². The maximum atomic E-state index is 12.1. The normalized spacial score (nSPS) is 15.7. The van der Waals surface area contributed by atoms with Gasteiger partial charge in [-0.15, -0.1) is 0 Å². The number of anilines is 1. The van der Waals surface area contributed by atoms with Crippen LogP contribution in [-0.2, 0) is 10.0 Å². The van der Waals surface area contributed by atoms with E-state index in [0.29, 0.717) is 24.7 Å². The molecule has 7 nitrogen and oxygen atoms in total. The Morgan fingerprint density at radius 2 is 1.87 bits per heavy atom. The van der Waals surface area contributed by atoms with Gasteiger partial charge in [-0.2, -0.15) is 0 Å². The maximum absolute atomic E-state index is 12.1. The molecule has 23 heavy (non-hydrogen) atoms. The second-order valence-electron chi connectivity index (χ2n) is 5.33. The van der Waals surface area contributed by atoms with Gasteiger partial charge in [-0.05, 0) is 31.0 Å². The highest BCUT2D eigenvalue weighted by Crippen LogP contribution is 2.15. The minimum atomic E-state index is -3.19. The van der Waals surface area contributed by atoms with Crippen LogP contribution in [0.3, 0.4) is 0 Å². The molecule has 3 rings (SSSR count). The molecule has 0 aromatic carbocycles. The molecule has 0 unspecified atom stereocenters. The third-order valence-electron chi connectivity index (χ3n) is 3.68. The van der Waals surface area contributed by atoms with E-state index in [4.69, 9.17) is 0 Å². The molecule has 0 amide bonds. The zero-order chi connectivity index (χ0) is 16.1. The molecule has 2 aromatic rings. The minimum Gasteiger partial charge on any atom is -0.353 e. The summed E-state index contributed by atoms with van der Waals surface area (Å²) in [5.74, 6) is 0.453. The number of rotatable bonds is 6. The summed E-state index contributed by atoms with van der Waals surface area (Å²) in [5.41, 5.74) is 1.45. The van der Waals surface area contributed by atoms with Crippen LogP contribution in [0.5, 0.6) is 0 Å². The van der Waals surface area contributed by atoms with Crippen LogP contribution in [0.2, 0.25) is 0 Å². The number of nitrogens with one attached hydrogen (secondary N) is 1. The van der Waals surface area contributed by atoms with Gasteiger partial charge >= 0.3 is 0 Å². The smallest absolute Gasteiger partial charge is 0.223 e. The molecule has 1 fully saturated rings. The number of sulfonamides is 1. The molecule has 0 aliphatic carbocycles. The molecule has 0 radical (unpaired) electrons. The average Bonchev–Trinajstić information content (AvgIpc) is 3.11. The Bertz CT molecular complexity index is 745. The zero-order valence-electron chi connectivity index (χ0n) is 12.7. The Labute approximate surface area is 135 Å². The summed E-state index contributed by atoms with van der Waals surface area (Å²) in [6.45, 7) is 1.55. The van der Waals surface area contributed by atoms with Gasteiger partial charge in [0.05, 0.1) is 17.1 Å². The van der Waals surface area contributed by atoms with Crippen LogP contribution >= 0.6 is 0 Å². The van der Waals surface area contributed by atoms with Gasteiger partial charge < -0.3 is 5.32 Å². The number of aromatic nitrogens is 3. The van der Waals surface area contributed by atoms with Crippen molar-refractivity contribution < 1.29 is 8.42 Å². The Morgan fingerprint density at radius 3 is 2.61 bits per heavy atom. The average molecular weight is 333 g/mol. The molecule has 8 heteroatoms. The van der Waals surface area contributed by atoms with E-state index >= 15 is 0 Å². The van der Waals surface area contributed by atoms with Gasteiger partial charge in [-0.25, -0.2) is 22.7 Å². The zero-order valence-corrected chi connectivity index (χ0v) is 13.5. The lowest BCUT2D eigenvalue weighted by molar-refractivity contribution is 0.478. The Balaban J connectivity index is 1.61. The molecule has 2 aromatic heterocycles. The highest BCUT2D eigenvalue weighted by atomic mass is 32.2. The first-order valence-electron chi connectivity index (χ1n) is 7.61. The number of hydrogen-bond acceptors (Lipinski definition) is 6. The molecule has 3 heterocycles. The highest BCUT2D eigenvalue weighted by molar-refractivity contribution is 7.89. The molecule has 1 aliphatic rings. The summed E-state index contributed by atoms with van der Waals surface area (Å²) >= 11 is 0. The Hall–Kier alpha value is -2.06. The van der Waals surface area contributed by atoms with Crippen molar-refractivity contribution >= 4 is 16.0 Å². The summed E-state index contributed by atoms with van der Waals surface area (Å²) in [7, 11) is -3.19. The van der Waals surface area contributed by atoms with E-state index in [1.807, 2.05) is 18.2 Å². The highest BCUT2D eigenvalue weighted by Gasteiger charge is 2.24. The summed E-state index contributed by atoms with van der Waals surface area (Å²) < 4.78 is 25.8. The monoisotopic (exact) mass is 333 g/mol. The third kappa shape index (κ3) is 4.02. The van der Waals surface area contributed by atoms with Gasteiger partial charge in [-0.3, -0.25) is 4.98 Å². The van der Waals surface area contributed by atoms with E-state index in [1.54, 1.807) is 22.8 Å². The largest absolute Gasteiger partial charge is 0.353 e. The van der Waals surface area contributed by atoms with E-state index in [-0.39, 0.29) is 12.3 Å². The van der Waals surface area contributed by atoms with Crippen molar-refractivity contribution in [1.29, 1.82) is 0 Å². The molecule has 0 saturated carbocycles. The van der Waals surface area contributed by atoms with Gasteiger partial charge in [0, 0.05) is 32.0 Å². The van der Waals surface area contributed by atoms with Crippen LogP contribution in [0.4, 0.5) is 5.95 Å². The maximum Gasteiger partial charge on any atom is 0.223 e. The van der Waals surface area contributed by atoms with Gasteiger partial charge in [0.25, 0.3) is 0 Å². The molecule has 0 bridgehead atoms. The number of nitrogens with zero attached hydrogens (tertiary/aromatic N) is 4. The molecule has 122 valence electrons. The number of pyridine rings is 1. The van der Waals surface area contributed by atoms with E-state index in [1.165, 1.54) is 0 Å². The van der Waals surface area contributed by atoms with Crippen molar-refractivity contribution in [2.24, 2.45) is 0 Å². The van der Waals surface area contributed by atoms with E-state index in [9.17, 15) is 8.42 Å². The minimum absolute atomic E-state index is 0.0458. The van der Waals surface area contributed by atoms with E-state index in [0.717, 1.165) is 18.5 Å². The fourth-order valence-electron chi connectivity index (χ4n) is 2.49. The summed E-state index contributed by atoms with van der Waals surface area (Å²) in [4.78, 5) is 12.7. The second-order valence-corrected chi connectivity index (χ2v) is 7.42. The van der Waals surface area contributed by atoms with Crippen LogP contribution in [-0.4, -0.2) is 53.1 Å². The van der Waals surface area contributed by atoms with Crippen molar-refractivity contribution in [2.45, 2.75) is 12.8 Å². The molecule has 1 saturated heterocycles. The van der Waals surface area contributed by atoms with Crippen molar-refractivity contribution in [3.8, 4) is 11.4 Å². The lowest BCUT2D eigenvalue weighted by Gasteiger charge is -2.15. The van der Waals surface area contributed by atoms with Crippen LogP contribution < -0.4 is 5.32 Å². The van der Waals surface area contributed by atoms with Crippen molar-refractivity contribution in [1.82, 2.24) is 19.3 Å². The van der Waals surface area contributed by atoms with Crippen molar-refractivity contribution in [3.63, 3.8) is 0 Å². The van der Waals surface area contributed by atoms with E-state index < -0.39 is 10.0 Å². The van der Waals surface area contributed by atoms with Gasteiger partial charge in [0.2, 0.25) is 16.0 Å². The Kier molecular flexibility index (Phi) is 4.82. The Morgan fingerprint density at radius 1 is 1.04 bits per heavy atom. The van der Waals surface area contributed by atoms with Gasteiger partial charge in [0.15, 0.2) is 0 Å². The fraction of sp³-hybridized carbons (Fsp3) is 0.400. The lowest BCUT2D eigenvalue weighted by atomic mass is 10.3. The first-order valence-corrected chi connectivity index (χ1v) is 9.22. The lowest BCUT2D eigenvalue weighted by Crippen LogP contribution is -2.32. The van der Waals surface area contributed by atoms with Crippen LogP contribution in [0.15, 0.2) is 36.7 Å². The predicted octanol–water partition coefficient (Wildman–Crippen LogP) is 1.38. The first kappa shape index (κ1) is 15.8. The fourth-order valence-corrected chi connectivity index (χ4v) is 3.92. The SMILES string of the molecule is O=S(=O)(CCNc1nccc(-c2ccccn2)n1)N1CCCC1. The van der Waals surface area contributed by atoms with Crippen LogP contribution in [0, 0.1) is 0 Å². The van der Waals surface area contributed by atoms with E-state index in [2.05, 4.69) is 20.3 Å². The predicted molar refractivity (Wildman–Crippen MR) is 88.3 cm³/mol. The van der Waals surface area contributed by atoms with Crippen molar-refractivity contribution in [2.75, 3.05) is 30.7 Å². The quantitative estimate of drug-likeness (QED) is 0.859. The third-order valence-corrected chi connectivity index (χ3v) is 5.56. The molecular formula is C15H19N5O2S. The molecule has 1 N–H and O–H groups in total. The molecule has 0 spiro atoms. The molecule has 1 aliphatic heterocycles. The van der Waals surface area contributed by atoms with Gasteiger partial charge in [0.1, 0.15) is 0 Å². The van der Waals surface area contributed by atoms with Crippen LogP contribution in [0.1, 0.15) is 12.8 Å². The topological polar surface area (TPSA) is 88.1 Å². The van der Waals surface area contributed by atoms with Crippen LogP contribution in [0.25, 0.3) is 11.4 Å². The first-order chi connectivity index (χ1) is 11.1. The van der Waals surface area contributed by atoms with Gasteiger partial charge in [-0.1, -0.05) is 6.07 Å². The number of hydrogen-bond donors (Lipinski definition) is 1. The summed E-state index contributed by atoms with van der Waals surface area (Å²) in [5, 5.41) is 2.98. The molecule has 0 atom stereocenters. The molecular weight excluding hydrogens is 314 g/mol. The second kappa shape index (κ2) is 7.01. The summed E-state index contributed by atoms with van der Waals surface area (Å²) in [6, 6.07) is 7.37.